The molecule has 2 aromatic heterocycles. The summed E-state index contributed by atoms with van der Waals surface area (Å²) in [5.41, 5.74) is 1.34. The van der Waals surface area contributed by atoms with Gasteiger partial charge in [0, 0.05) is 29.1 Å². The number of rotatable bonds is 10. The summed E-state index contributed by atoms with van der Waals surface area (Å²) in [7, 11) is 0. The van der Waals surface area contributed by atoms with Crippen LogP contribution in [-0.2, 0) is 29.2 Å². The molecule has 0 bridgehead atoms. The number of carbonyl (C=O) groups excluding carboxylic acids is 1. The summed E-state index contributed by atoms with van der Waals surface area (Å²) < 4.78 is 12.1. The second-order valence-electron chi connectivity index (χ2n) is 8.21. The van der Waals surface area contributed by atoms with Crippen LogP contribution in [-0.4, -0.2) is 55.3 Å². The summed E-state index contributed by atoms with van der Waals surface area (Å²) in [6, 6.07) is 7.92. The van der Waals surface area contributed by atoms with Crippen LogP contribution in [0.1, 0.15) is 50.9 Å². The van der Waals surface area contributed by atoms with E-state index in [9.17, 15) is 9.59 Å². The van der Waals surface area contributed by atoms with Crippen molar-refractivity contribution in [3.05, 3.63) is 46.0 Å². The molecule has 3 aromatic rings. The van der Waals surface area contributed by atoms with Crippen LogP contribution in [0.5, 0.6) is 5.75 Å². The van der Waals surface area contributed by atoms with Crippen LogP contribution >= 0.6 is 0 Å². The van der Waals surface area contributed by atoms with Crippen LogP contribution in [0.2, 0.25) is 0 Å². The molecule has 0 aliphatic heterocycles. The predicted octanol–water partition coefficient (Wildman–Crippen LogP) is 2.42. The van der Waals surface area contributed by atoms with Gasteiger partial charge in [-0.15, -0.1) is 5.10 Å². The van der Waals surface area contributed by atoms with Crippen LogP contribution < -0.4 is 10.3 Å². The largest absolute Gasteiger partial charge is 0.494 e. The van der Waals surface area contributed by atoms with E-state index in [0.29, 0.717) is 43.7 Å². The van der Waals surface area contributed by atoms with Crippen LogP contribution in [0.3, 0.4) is 0 Å². The van der Waals surface area contributed by atoms with E-state index in [1.165, 1.54) is 4.68 Å². The highest BCUT2D eigenvalue weighted by Gasteiger charge is 2.26. The molecule has 10 nitrogen and oxygen atoms in total. The SMILES string of the molecule is CCOC(=O)Cn1nnnc1CN(Cc1cc2cc(OCC)ccc2[nH]c1=O)C1CCCC1. The van der Waals surface area contributed by atoms with Crippen molar-refractivity contribution in [2.24, 2.45) is 0 Å². The Kier molecular flexibility index (Phi) is 7.33. The molecule has 0 amide bonds. The molecule has 0 spiro atoms. The number of ether oxygens (including phenoxy) is 2. The minimum atomic E-state index is -0.380. The van der Waals surface area contributed by atoms with Crippen LogP contribution in [0, 0.1) is 0 Å². The fourth-order valence-electron chi connectivity index (χ4n) is 4.38. The topological polar surface area (TPSA) is 115 Å². The number of esters is 1. The summed E-state index contributed by atoms with van der Waals surface area (Å²) in [6.45, 7) is 5.45. The molecular formula is C23H30N6O4. The molecule has 0 radical (unpaired) electrons. The molecule has 33 heavy (non-hydrogen) atoms. The maximum atomic E-state index is 12.9. The monoisotopic (exact) mass is 454 g/mol. The van der Waals surface area contributed by atoms with Gasteiger partial charge < -0.3 is 14.5 Å². The third-order valence-electron chi connectivity index (χ3n) is 5.95. The molecule has 0 unspecified atom stereocenters. The minimum absolute atomic E-state index is 0.0363. The molecule has 10 heteroatoms. The Labute approximate surface area is 191 Å². The van der Waals surface area contributed by atoms with E-state index in [-0.39, 0.29) is 18.1 Å². The molecule has 0 saturated heterocycles. The average Bonchev–Trinajstić information content (AvgIpc) is 3.47. The molecule has 1 aliphatic rings. The van der Waals surface area contributed by atoms with Gasteiger partial charge in [-0.1, -0.05) is 12.8 Å². The number of carbonyl (C=O) groups is 1. The number of nitrogens with zero attached hydrogens (tertiary/aromatic N) is 5. The highest BCUT2D eigenvalue weighted by Crippen LogP contribution is 2.26. The van der Waals surface area contributed by atoms with Gasteiger partial charge in [0.25, 0.3) is 5.56 Å². The lowest BCUT2D eigenvalue weighted by atomic mass is 10.1. The van der Waals surface area contributed by atoms with E-state index in [1.54, 1.807) is 6.92 Å². The molecule has 2 heterocycles. The summed E-state index contributed by atoms with van der Waals surface area (Å²) in [5, 5.41) is 12.8. The van der Waals surface area contributed by atoms with E-state index < -0.39 is 0 Å². The summed E-state index contributed by atoms with van der Waals surface area (Å²) in [6.07, 6.45) is 4.42. The molecule has 1 fully saturated rings. The zero-order valence-electron chi connectivity index (χ0n) is 19.1. The lowest BCUT2D eigenvalue weighted by Crippen LogP contribution is -2.35. The Morgan fingerprint density at radius 1 is 1.18 bits per heavy atom. The first-order valence-corrected chi connectivity index (χ1v) is 11.5. The second-order valence-corrected chi connectivity index (χ2v) is 8.21. The number of hydrogen-bond acceptors (Lipinski definition) is 8. The standard InChI is InChI=1S/C23H30N6O4/c1-3-32-19-9-10-20-16(12-19)11-17(23(31)24-20)13-28(18-7-5-6-8-18)14-21-25-26-27-29(21)15-22(30)33-4-2/h9-12,18H,3-8,13-15H2,1-2H3,(H,24,31). The van der Waals surface area contributed by atoms with Gasteiger partial charge in [0.05, 0.1) is 19.8 Å². The highest BCUT2D eigenvalue weighted by molar-refractivity contribution is 5.80. The number of nitrogens with one attached hydrogen (secondary N) is 1. The fraction of sp³-hybridized carbons (Fsp3) is 0.522. The highest BCUT2D eigenvalue weighted by atomic mass is 16.5. The smallest absolute Gasteiger partial charge is 0.327 e. The first-order valence-electron chi connectivity index (χ1n) is 11.5. The third kappa shape index (κ3) is 5.57. The van der Waals surface area contributed by atoms with E-state index in [4.69, 9.17) is 9.47 Å². The van der Waals surface area contributed by atoms with E-state index in [0.717, 1.165) is 42.3 Å². The van der Waals surface area contributed by atoms with Gasteiger partial charge in [0.1, 0.15) is 12.3 Å². The zero-order chi connectivity index (χ0) is 23.2. The number of benzene rings is 1. The molecule has 4 rings (SSSR count). The van der Waals surface area contributed by atoms with Gasteiger partial charge >= 0.3 is 5.97 Å². The number of fused-ring (bicyclic) bond motifs is 1. The number of pyridine rings is 1. The Balaban J connectivity index is 1.59. The van der Waals surface area contributed by atoms with Gasteiger partial charge in [-0.25, -0.2) is 4.68 Å². The second kappa shape index (κ2) is 10.6. The van der Waals surface area contributed by atoms with Gasteiger partial charge in [-0.3, -0.25) is 14.5 Å². The molecule has 1 N–H and O–H groups in total. The molecular weight excluding hydrogens is 424 g/mol. The van der Waals surface area contributed by atoms with Gasteiger partial charge in [-0.2, -0.15) is 0 Å². The van der Waals surface area contributed by atoms with E-state index >= 15 is 0 Å². The Morgan fingerprint density at radius 2 is 2.00 bits per heavy atom. The zero-order valence-corrected chi connectivity index (χ0v) is 19.1. The lowest BCUT2D eigenvalue weighted by molar-refractivity contribution is -0.144. The van der Waals surface area contributed by atoms with Crippen molar-refractivity contribution in [3.8, 4) is 5.75 Å². The Morgan fingerprint density at radius 3 is 2.76 bits per heavy atom. The van der Waals surface area contributed by atoms with E-state index in [1.807, 2.05) is 31.2 Å². The minimum Gasteiger partial charge on any atom is -0.494 e. The van der Waals surface area contributed by atoms with Gasteiger partial charge in [-0.05, 0) is 61.4 Å². The maximum Gasteiger partial charge on any atom is 0.327 e. The van der Waals surface area contributed by atoms with E-state index in [2.05, 4.69) is 25.4 Å². The van der Waals surface area contributed by atoms with Crippen LogP contribution in [0.15, 0.2) is 29.1 Å². The molecule has 1 aromatic carbocycles. The van der Waals surface area contributed by atoms with Crippen LogP contribution in [0.25, 0.3) is 10.9 Å². The first kappa shape index (κ1) is 22.9. The van der Waals surface area contributed by atoms with Crippen molar-refractivity contribution in [1.82, 2.24) is 30.1 Å². The summed E-state index contributed by atoms with van der Waals surface area (Å²) >= 11 is 0. The molecule has 1 aliphatic carbocycles. The average molecular weight is 455 g/mol. The van der Waals surface area contributed by atoms with Crippen molar-refractivity contribution >= 4 is 16.9 Å². The maximum absolute atomic E-state index is 12.9. The number of H-pyrrole nitrogens is 1. The Bertz CT molecular complexity index is 1150. The number of aromatic nitrogens is 5. The quantitative estimate of drug-likeness (QED) is 0.465. The first-order chi connectivity index (χ1) is 16.1. The van der Waals surface area contributed by atoms with Crippen molar-refractivity contribution in [2.45, 2.75) is 65.2 Å². The molecule has 1 saturated carbocycles. The number of tetrazole rings is 1. The summed E-state index contributed by atoms with van der Waals surface area (Å²) in [4.78, 5) is 30.0. The third-order valence-corrected chi connectivity index (χ3v) is 5.95. The predicted molar refractivity (Wildman–Crippen MR) is 122 cm³/mol. The lowest BCUT2D eigenvalue weighted by Gasteiger charge is -2.28. The van der Waals surface area contributed by atoms with Crippen molar-refractivity contribution in [2.75, 3.05) is 13.2 Å². The molecule has 0 atom stereocenters. The number of hydrogen-bond donors (Lipinski definition) is 1. The van der Waals surface area contributed by atoms with Crippen molar-refractivity contribution in [1.29, 1.82) is 0 Å². The fourth-order valence-corrected chi connectivity index (χ4v) is 4.38. The number of aromatic amines is 1. The normalized spacial score (nSPS) is 14.3. The molecule has 176 valence electrons. The van der Waals surface area contributed by atoms with Crippen molar-refractivity contribution in [3.63, 3.8) is 0 Å². The van der Waals surface area contributed by atoms with Crippen molar-refractivity contribution < 1.29 is 14.3 Å². The summed E-state index contributed by atoms with van der Waals surface area (Å²) in [5.74, 6) is 0.967. The van der Waals surface area contributed by atoms with Gasteiger partial charge in [0.2, 0.25) is 0 Å². The Hall–Kier alpha value is -3.27. The van der Waals surface area contributed by atoms with Gasteiger partial charge in [0.15, 0.2) is 5.82 Å². The van der Waals surface area contributed by atoms with Crippen LogP contribution in [0.4, 0.5) is 0 Å².